The van der Waals surface area contributed by atoms with E-state index in [1.54, 1.807) is 4.57 Å². The highest BCUT2D eigenvalue weighted by molar-refractivity contribution is 5.51. The van der Waals surface area contributed by atoms with Crippen molar-refractivity contribution in [3.8, 4) is 11.4 Å². The highest BCUT2D eigenvalue weighted by Gasteiger charge is 2.11. The van der Waals surface area contributed by atoms with Crippen molar-refractivity contribution in [2.75, 3.05) is 31.2 Å². The molecule has 5 nitrogen and oxygen atoms in total. The minimum atomic E-state index is -0.353. The fourth-order valence-corrected chi connectivity index (χ4v) is 2.54. The molecule has 2 heterocycles. The lowest BCUT2D eigenvalue weighted by Crippen LogP contribution is -2.36. The number of aromatic nitrogens is 1. The highest BCUT2D eigenvalue weighted by atomic mass is 16.5. The lowest BCUT2D eigenvalue weighted by Gasteiger charge is -2.29. The molecule has 1 aliphatic heterocycles. The topological polar surface area (TPSA) is 54.7 Å². The van der Waals surface area contributed by atoms with Gasteiger partial charge in [0.25, 0.3) is 0 Å². The molecular formula is C16H18N2O3. The molecule has 1 saturated heterocycles. The van der Waals surface area contributed by atoms with Gasteiger partial charge in [0.2, 0.25) is 5.43 Å². The summed E-state index contributed by atoms with van der Waals surface area (Å²) in [5.41, 5.74) is 2.51. The average molecular weight is 286 g/mol. The van der Waals surface area contributed by atoms with Crippen LogP contribution in [0.4, 0.5) is 5.69 Å². The fraction of sp³-hybridized carbons (Fsp3) is 0.312. The average Bonchev–Trinajstić information content (AvgIpc) is 2.52. The summed E-state index contributed by atoms with van der Waals surface area (Å²) in [6.45, 7) is 5.16. The van der Waals surface area contributed by atoms with Crippen LogP contribution in [0.5, 0.6) is 5.75 Å². The Bertz CT molecular complexity index is 686. The minimum Gasteiger partial charge on any atom is -0.503 e. The zero-order valence-corrected chi connectivity index (χ0v) is 12.0. The number of hydrogen-bond donors (Lipinski definition) is 1. The Kier molecular flexibility index (Phi) is 3.66. The first-order valence-electron chi connectivity index (χ1n) is 7.00. The predicted molar refractivity (Wildman–Crippen MR) is 81.5 cm³/mol. The molecule has 3 rings (SSSR count). The summed E-state index contributed by atoms with van der Waals surface area (Å²) in [6.07, 6.45) is 1.46. The van der Waals surface area contributed by atoms with E-state index in [4.69, 9.17) is 4.74 Å². The maximum atomic E-state index is 11.4. The third kappa shape index (κ3) is 2.78. The van der Waals surface area contributed by atoms with E-state index in [1.807, 2.05) is 19.1 Å². The van der Waals surface area contributed by atoms with Crippen LogP contribution in [0.2, 0.25) is 0 Å². The van der Waals surface area contributed by atoms with Crippen molar-refractivity contribution >= 4 is 5.69 Å². The Morgan fingerprint density at radius 2 is 1.71 bits per heavy atom. The molecule has 5 heteroatoms. The van der Waals surface area contributed by atoms with Crippen molar-refractivity contribution in [2.45, 2.75) is 6.92 Å². The first-order chi connectivity index (χ1) is 10.1. The number of pyridine rings is 1. The van der Waals surface area contributed by atoms with Gasteiger partial charge in [-0.15, -0.1) is 0 Å². The van der Waals surface area contributed by atoms with E-state index in [1.165, 1.54) is 12.3 Å². The number of hydrogen-bond acceptors (Lipinski definition) is 4. The second kappa shape index (κ2) is 5.61. The first kappa shape index (κ1) is 13.7. The molecule has 1 aliphatic rings. The summed E-state index contributed by atoms with van der Waals surface area (Å²) in [5, 5.41) is 9.59. The Balaban J connectivity index is 1.90. The van der Waals surface area contributed by atoms with Crippen LogP contribution in [0.25, 0.3) is 5.69 Å². The van der Waals surface area contributed by atoms with Gasteiger partial charge in [-0.05, 0) is 31.2 Å². The third-order valence-corrected chi connectivity index (χ3v) is 3.73. The molecule has 0 atom stereocenters. The van der Waals surface area contributed by atoms with Gasteiger partial charge in [0.15, 0.2) is 5.75 Å². The zero-order valence-electron chi connectivity index (χ0n) is 12.0. The van der Waals surface area contributed by atoms with Gasteiger partial charge in [0, 0.05) is 36.2 Å². The SMILES string of the molecule is Cc1cc(=O)c(O)cn1-c1ccc(N2CCOCC2)cc1. The molecule has 110 valence electrons. The molecule has 0 spiro atoms. The molecular weight excluding hydrogens is 268 g/mol. The van der Waals surface area contributed by atoms with Crippen molar-refractivity contribution in [1.29, 1.82) is 0 Å². The summed E-state index contributed by atoms with van der Waals surface area (Å²) in [4.78, 5) is 13.7. The maximum Gasteiger partial charge on any atom is 0.223 e. The van der Waals surface area contributed by atoms with Gasteiger partial charge in [-0.2, -0.15) is 0 Å². The Hall–Kier alpha value is -2.27. The van der Waals surface area contributed by atoms with Crippen molar-refractivity contribution in [3.05, 3.63) is 52.4 Å². The number of benzene rings is 1. The fourth-order valence-electron chi connectivity index (χ4n) is 2.54. The van der Waals surface area contributed by atoms with Gasteiger partial charge in [0.1, 0.15) is 0 Å². The van der Waals surface area contributed by atoms with Crippen LogP contribution in [0.15, 0.2) is 41.3 Å². The number of nitrogens with zero attached hydrogens (tertiary/aromatic N) is 2. The van der Waals surface area contributed by atoms with E-state index in [-0.39, 0.29) is 11.2 Å². The minimum absolute atomic E-state index is 0.238. The number of ether oxygens (including phenoxy) is 1. The number of morpholine rings is 1. The van der Waals surface area contributed by atoms with Gasteiger partial charge in [-0.3, -0.25) is 4.79 Å². The maximum absolute atomic E-state index is 11.4. The van der Waals surface area contributed by atoms with Crippen LogP contribution in [0.3, 0.4) is 0 Å². The van der Waals surface area contributed by atoms with E-state index >= 15 is 0 Å². The molecule has 21 heavy (non-hydrogen) atoms. The summed E-state index contributed by atoms with van der Waals surface area (Å²) in [7, 11) is 0. The second-order valence-corrected chi connectivity index (χ2v) is 5.15. The predicted octanol–water partition coefficient (Wildman–Crippen LogP) is 1.69. The highest BCUT2D eigenvalue weighted by Crippen LogP contribution is 2.20. The molecule has 0 bridgehead atoms. The van der Waals surface area contributed by atoms with E-state index in [0.717, 1.165) is 43.4 Å². The molecule has 0 saturated carbocycles. The zero-order chi connectivity index (χ0) is 14.8. The van der Waals surface area contributed by atoms with Crippen LogP contribution >= 0.6 is 0 Å². The van der Waals surface area contributed by atoms with Crippen molar-refractivity contribution in [3.63, 3.8) is 0 Å². The summed E-state index contributed by atoms with van der Waals surface area (Å²) in [5.74, 6) is -0.238. The van der Waals surface area contributed by atoms with Gasteiger partial charge >= 0.3 is 0 Å². The number of aryl methyl sites for hydroxylation is 1. The molecule has 0 amide bonds. The molecule has 1 fully saturated rings. The molecule has 0 radical (unpaired) electrons. The normalized spacial score (nSPS) is 15.2. The van der Waals surface area contributed by atoms with Crippen LogP contribution in [0.1, 0.15) is 5.69 Å². The third-order valence-electron chi connectivity index (χ3n) is 3.73. The molecule has 2 aromatic rings. The second-order valence-electron chi connectivity index (χ2n) is 5.15. The molecule has 0 unspecified atom stereocenters. The molecule has 1 aromatic carbocycles. The molecule has 1 N–H and O–H groups in total. The monoisotopic (exact) mass is 286 g/mol. The summed E-state index contributed by atoms with van der Waals surface area (Å²) >= 11 is 0. The van der Waals surface area contributed by atoms with Crippen LogP contribution < -0.4 is 10.3 Å². The van der Waals surface area contributed by atoms with Gasteiger partial charge in [-0.25, -0.2) is 0 Å². The molecule has 0 aliphatic carbocycles. The van der Waals surface area contributed by atoms with Gasteiger partial charge in [0.05, 0.1) is 19.4 Å². The summed E-state index contributed by atoms with van der Waals surface area (Å²) in [6, 6.07) is 9.51. The van der Waals surface area contributed by atoms with Crippen LogP contribution in [-0.4, -0.2) is 36.0 Å². The van der Waals surface area contributed by atoms with Crippen LogP contribution in [-0.2, 0) is 4.74 Å². The lowest BCUT2D eigenvalue weighted by molar-refractivity contribution is 0.122. The van der Waals surface area contributed by atoms with E-state index < -0.39 is 0 Å². The van der Waals surface area contributed by atoms with E-state index in [2.05, 4.69) is 17.0 Å². The lowest BCUT2D eigenvalue weighted by atomic mass is 10.2. The Morgan fingerprint density at radius 3 is 2.38 bits per heavy atom. The van der Waals surface area contributed by atoms with Gasteiger partial charge in [-0.1, -0.05) is 0 Å². The smallest absolute Gasteiger partial charge is 0.223 e. The Morgan fingerprint density at radius 1 is 1.10 bits per heavy atom. The van der Waals surface area contributed by atoms with Crippen molar-refractivity contribution < 1.29 is 9.84 Å². The number of rotatable bonds is 2. The van der Waals surface area contributed by atoms with E-state index in [9.17, 15) is 9.90 Å². The van der Waals surface area contributed by atoms with E-state index in [0.29, 0.717) is 0 Å². The number of anilines is 1. The van der Waals surface area contributed by atoms with Crippen LogP contribution in [0, 0.1) is 6.92 Å². The largest absolute Gasteiger partial charge is 0.503 e. The number of aromatic hydroxyl groups is 1. The molecule has 1 aromatic heterocycles. The summed E-state index contributed by atoms with van der Waals surface area (Å²) < 4.78 is 7.16. The van der Waals surface area contributed by atoms with Gasteiger partial charge < -0.3 is 19.3 Å². The van der Waals surface area contributed by atoms with Crippen molar-refractivity contribution in [2.24, 2.45) is 0 Å². The standard InChI is InChI=1S/C16H18N2O3/c1-12-10-15(19)16(20)11-18(12)14-4-2-13(3-5-14)17-6-8-21-9-7-17/h2-5,10-11,20H,6-9H2,1H3. The quantitative estimate of drug-likeness (QED) is 0.913. The first-order valence-corrected chi connectivity index (χ1v) is 7.00. The van der Waals surface area contributed by atoms with Crippen molar-refractivity contribution in [1.82, 2.24) is 4.57 Å². The Labute approximate surface area is 123 Å².